The third kappa shape index (κ3) is 468. The van der Waals surface area contributed by atoms with Gasteiger partial charge in [-0.05, 0) is 0 Å². The molecule has 0 aliphatic heterocycles. The molecule has 0 fully saturated rings. The average Bonchev–Trinajstić information content (AvgIpc) is 0.918. The maximum atomic E-state index is 4.83. The van der Waals surface area contributed by atoms with E-state index in [4.69, 9.17) is 19.4 Å². The van der Waals surface area contributed by atoms with Crippen LogP contribution in [0, 0.1) is 0 Å². The van der Waals surface area contributed by atoms with E-state index in [0.29, 0.717) is 0 Å². The molecule has 0 saturated heterocycles. The van der Waals surface area contributed by atoms with E-state index >= 15 is 0 Å². The van der Waals surface area contributed by atoms with E-state index in [9.17, 15) is 0 Å². The summed E-state index contributed by atoms with van der Waals surface area (Å²) in [5.74, 6) is 0. The molecule has 9 heavy (non-hydrogen) atoms. The zero-order chi connectivity index (χ0) is 2.71. The Labute approximate surface area is 67.7 Å². The Hall–Kier alpha value is 0.963. The van der Waals surface area contributed by atoms with Crippen LogP contribution in [0.4, 0.5) is 0 Å². The van der Waals surface area contributed by atoms with Crippen molar-refractivity contribution in [2.45, 2.75) is 0 Å². The summed E-state index contributed by atoms with van der Waals surface area (Å²) in [6.45, 7) is 0. The van der Waals surface area contributed by atoms with Crippen LogP contribution in [-0.4, -0.2) is 32.9 Å². The quantitative estimate of drug-likeness (QED) is 0.397. The zero-order valence-electron chi connectivity index (χ0n) is 4.09. The molecule has 0 spiro atoms. The topological polar surface area (TPSA) is 189 Å². The minimum atomic E-state index is -0.226. The number of rotatable bonds is 0. The van der Waals surface area contributed by atoms with Crippen LogP contribution < -0.4 is 0 Å². The second-order valence-electron chi connectivity index (χ2n) is 0.0476. The Balaban J connectivity index is -0.00000000133. The van der Waals surface area contributed by atoms with Crippen LogP contribution in [0.25, 0.3) is 0 Å². The summed E-state index contributed by atoms with van der Waals surface area (Å²) in [6, 6.07) is 0. The summed E-state index contributed by atoms with van der Waals surface area (Å²) >= 11 is -0.226. The molecule has 71 valence electrons. The Morgan fingerprint density at radius 3 is 0.556 bits per heavy atom. The first kappa shape index (κ1) is 91.2. The van der Waals surface area contributed by atoms with E-state index in [-0.39, 0.29) is 48.0 Å². The first-order valence-corrected chi connectivity index (χ1v) is 4.47. The van der Waals surface area contributed by atoms with E-state index in [1.54, 1.807) is 0 Å². The van der Waals surface area contributed by atoms with Crippen molar-refractivity contribution in [3.8, 4) is 0 Å². The summed E-state index contributed by atoms with van der Waals surface area (Å²) in [7, 11) is 9.67. The molecule has 0 unspecified atom stereocenters. The van der Waals surface area contributed by atoms with Crippen molar-refractivity contribution in [2.75, 3.05) is 0 Å². The fraction of sp³-hybridized carbons (Fsp3) is 0. The van der Waals surface area contributed by atoms with E-state index in [1.807, 2.05) is 0 Å². The molecule has 0 radical (unpaired) electrons. The van der Waals surface area contributed by atoms with Gasteiger partial charge in [-0.15, -0.1) is 0 Å². The molecule has 0 aliphatic carbocycles. The molecule has 0 aromatic rings. The minimum absolute atomic E-state index is 0. The van der Waals surface area contributed by atoms with E-state index < -0.39 is 0 Å². The fourth-order valence-electron chi connectivity index (χ4n) is 0. The second-order valence-corrected chi connectivity index (χ2v) is 2.54. The second kappa shape index (κ2) is 147. The number of halogens is 2. The molecule has 0 rings (SSSR count). The molecule has 9 heteroatoms. The van der Waals surface area contributed by atoms with Crippen LogP contribution in [0.1, 0.15) is 0 Å². The Morgan fingerprint density at radius 2 is 0.556 bits per heavy atom. The van der Waals surface area contributed by atoms with Gasteiger partial charge in [-0.2, -0.15) is 0 Å². The van der Waals surface area contributed by atoms with Crippen molar-refractivity contribution in [1.82, 2.24) is 0 Å². The van der Waals surface area contributed by atoms with Crippen LogP contribution in [0.3, 0.4) is 0 Å². The number of hydrogen-bond donors (Lipinski definition) is 0. The Morgan fingerprint density at radius 1 is 0.556 bits per heavy atom. The van der Waals surface area contributed by atoms with Gasteiger partial charge < -0.3 is 32.9 Å². The first-order chi connectivity index (χ1) is 1.41. The molecule has 12 N–H and O–H groups in total. The predicted molar refractivity (Wildman–Crippen MR) is 33.4 cm³/mol. The summed E-state index contributed by atoms with van der Waals surface area (Å²) in [5, 5.41) is 0. The SMILES string of the molecule is O.O.O.O.O.O.[Cl][Rh][Cl]. The van der Waals surface area contributed by atoms with Gasteiger partial charge in [-0.1, -0.05) is 0 Å². The van der Waals surface area contributed by atoms with Crippen LogP contribution in [0.2, 0.25) is 0 Å². The van der Waals surface area contributed by atoms with Crippen molar-refractivity contribution >= 4 is 19.4 Å². The maximum absolute atomic E-state index is 4.83. The van der Waals surface area contributed by atoms with E-state index in [0.717, 1.165) is 0 Å². The molecule has 0 amide bonds. The number of hydrogen-bond acceptors (Lipinski definition) is 0. The van der Waals surface area contributed by atoms with Gasteiger partial charge in [0.25, 0.3) is 0 Å². The van der Waals surface area contributed by atoms with Gasteiger partial charge >= 0.3 is 34.5 Å². The van der Waals surface area contributed by atoms with Crippen molar-refractivity contribution in [3.05, 3.63) is 0 Å². The third-order valence-electron chi connectivity index (χ3n) is 0. The van der Waals surface area contributed by atoms with Gasteiger partial charge in [-0.25, -0.2) is 0 Å². The van der Waals surface area contributed by atoms with Crippen molar-refractivity contribution in [2.24, 2.45) is 0 Å². The molecule has 0 bridgehead atoms. The molecule has 0 saturated carbocycles. The van der Waals surface area contributed by atoms with Crippen LogP contribution in [0.5, 0.6) is 0 Å². The normalized spacial score (nSPS) is 2.44. The Bertz CT molecular complexity index is 11.0. The molecular weight excluding hydrogens is 270 g/mol. The molecule has 0 aliphatic rings. The summed E-state index contributed by atoms with van der Waals surface area (Å²) in [4.78, 5) is 0. The van der Waals surface area contributed by atoms with Gasteiger partial charge in [0.15, 0.2) is 0 Å². The first-order valence-electron chi connectivity index (χ1n) is 0.252. The summed E-state index contributed by atoms with van der Waals surface area (Å²) < 4.78 is 0. The van der Waals surface area contributed by atoms with Crippen LogP contribution in [-0.2, 0) is 15.1 Å². The average molecular weight is 282 g/mol. The molecule has 6 nitrogen and oxygen atoms in total. The molecular formula is H12Cl2O6Rh. The van der Waals surface area contributed by atoms with Gasteiger partial charge in [0.2, 0.25) is 0 Å². The van der Waals surface area contributed by atoms with Crippen LogP contribution >= 0.6 is 19.4 Å². The van der Waals surface area contributed by atoms with Crippen molar-refractivity contribution < 1.29 is 48.0 Å². The predicted octanol–water partition coefficient (Wildman–Crippen LogP) is -3.57. The summed E-state index contributed by atoms with van der Waals surface area (Å²) in [6.07, 6.45) is 0. The van der Waals surface area contributed by atoms with Crippen LogP contribution in [0.15, 0.2) is 0 Å². The van der Waals surface area contributed by atoms with Gasteiger partial charge in [-0.3, -0.25) is 0 Å². The molecule has 0 aromatic carbocycles. The van der Waals surface area contributed by atoms with Crippen molar-refractivity contribution in [1.29, 1.82) is 0 Å². The van der Waals surface area contributed by atoms with Crippen molar-refractivity contribution in [3.63, 3.8) is 0 Å². The Kier molecular flexibility index (Phi) is 1490. The van der Waals surface area contributed by atoms with Gasteiger partial charge in [0.1, 0.15) is 0 Å². The molecule has 0 heterocycles. The zero-order valence-corrected chi connectivity index (χ0v) is 7.24. The van der Waals surface area contributed by atoms with E-state index in [2.05, 4.69) is 0 Å². The molecule has 0 aromatic heterocycles. The standard InChI is InChI=1S/2ClH.6H2O.Rh/h2*1H;6*1H2;/q;;;;;;;;+2/p-2. The van der Waals surface area contributed by atoms with Gasteiger partial charge in [0.05, 0.1) is 0 Å². The molecule has 0 atom stereocenters. The monoisotopic (exact) mass is 281 g/mol. The van der Waals surface area contributed by atoms with E-state index in [1.165, 1.54) is 0 Å². The summed E-state index contributed by atoms with van der Waals surface area (Å²) in [5.41, 5.74) is 0. The fourth-order valence-corrected chi connectivity index (χ4v) is 0. The van der Waals surface area contributed by atoms with Gasteiger partial charge in [0, 0.05) is 0 Å². The third-order valence-corrected chi connectivity index (χ3v) is 0.